The number of hydrogen-bond donors (Lipinski definition) is 1. The third-order valence-electron chi connectivity index (χ3n) is 3.93. The second kappa shape index (κ2) is 5.75. The maximum absolute atomic E-state index is 3.80. The molecule has 0 aromatic carbocycles. The fraction of sp³-hybridized carbons (Fsp3) is 1.00. The normalized spacial score (nSPS) is 35.6. The molecule has 1 nitrogen and oxygen atoms in total. The minimum Gasteiger partial charge on any atom is -0.311 e. The Labute approximate surface area is 89.7 Å². The molecule has 84 valence electrons. The van der Waals surface area contributed by atoms with Crippen LogP contribution in [-0.4, -0.2) is 12.1 Å². The maximum Gasteiger partial charge on any atom is 0.00977 e. The molecule has 1 aliphatic rings. The first-order valence-electron chi connectivity index (χ1n) is 6.41. The van der Waals surface area contributed by atoms with Crippen LogP contribution in [0, 0.1) is 11.8 Å². The summed E-state index contributed by atoms with van der Waals surface area (Å²) in [7, 11) is 0. The molecule has 0 bridgehead atoms. The highest BCUT2D eigenvalue weighted by Crippen LogP contribution is 2.29. The van der Waals surface area contributed by atoms with Crippen molar-refractivity contribution in [2.24, 2.45) is 11.8 Å². The zero-order chi connectivity index (χ0) is 10.6. The first-order chi connectivity index (χ1) is 6.65. The smallest absolute Gasteiger partial charge is 0.00977 e. The Kier molecular flexibility index (Phi) is 4.94. The molecular weight excluding hydrogens is 170 g/mol. The van der Waals surface area contributed by atoms with E-state index in [0.29, 0.717) is 6.04 Å². The zero-order valence-corrected chi connectivity index (χ0v) is 10.3. The Morgan fingerprint density at radius 2 is 2.00 bits per heavy atom. The molecule has 0 radical (unpaired) electrons. The third kappa shape index (κ3) is 3.27. The highest BCUT2D eigenvalue weighted by Gasteiger charge is 2.27. The van der Waals surface area contributed by atoms with Crippen molar-refractivity contribution >= 4 is 0 Å². The van der Waals surface area contributed by atoms with Crippen molar-refractivity contribution in [3.8, 4) is 0 Å². The molecule has 1 rings (SSSR count). The predicted molar refractivity (Wildman–Crippen MR) is 63.5 cm³/mol. The highest BCUT2D eigenvalue weighted by atomic mass is 15.0. The quantitative estimate of drug-likeness (QED) is 0.726. The van der Waals surface area contributed by atoms with E-state index < -0.39 is 0 Å². The fourth-order valence-electron chi connectivity index (χ4n) is 2.70. The van der Waals surface area contributed by atoms with E-state index in [9.17, 15) is 0 Å². The van der Waals surface area contributed by atoms with E-state index in [1.165, 1.54) is 32.1 Å². The van der Waals surface area contributed by atoms with E-state index in [4.69, 9.17) is 0 Å². The van der Waals surface area contributed by atoms with Gasteiger partial charge in [0.05, 0.1) is 0 Å². The lowest BCUT2D eigenvalue weighted by molar-refractivity contribution is 0.194. The van der Waals surface area contributed by atoms with Gasteiger partial charge in [-0.05, 0) is 31.6 Å². The Bertz CT molecular complexity index is 155. The molecule has 1 N–H and O–H groups in total. The van der Waals surface area contributed by atoms with E-state index in [1.807, 2.05) is 0 Å². The first kappa shape index (κ1) is 12.0. The van der Waals surface area contributed by atoms with Crippen LogP contribution < -0.4 is 5.32 Å². The molecule has 4 atom stereocenters. The Morgan fingerprint density at radius 3 is 2.64 bits per heavy atom. The van der Waals surface area contributed by atoms with Gasteiger partial charge in [0.15, 0.2) is 0 Å². The Balaban J connectivity index is 2.35. The van der Waals surface area contributed by atoms with Crippen LogP contribution in [0.15, 0.2) is 0 Å². The monoisotopic (exact) mass is 197 g/mol. The van der Waals surface area contributed by atoms with Crippen LogP contribution in [0.1, 0.15) is 59.8 Å². The van der Waals surface area contributed by atoms with E-state index >= 15 is 0 Å². The molecule has 1 saturated carbocycles. The molecule has 0 heterocycles. The van der Waals surface area contributed by atoms with Gasteiger partial charge in [-0.1, -0.05) is 40.0 Å². The molecule has 0 aliphatic heterocycles. The largest absolute Gasteiger partial charge is 0.311 e. The molecule has 1 fully saturated rings. The predicted octanol–water partition coefficient (Wildman–Crippen LogP) is 3.59. The van der Waals surface area contributed by atoms with Crippen LogP contribution in [0.4, 0.5) is 0 Å². The average Bonchev–Trinajstić information content (AvgIpc) is 2.13. The van der Waals surface area contributed by atoms with Gasteiger partial charge in [0.2, 0.25) is 0 Å². The van der Waals surface area contributed by atoms with Crippen LogP contribution in [-0.2, 0) is 0 Å². The maximum atomic E-state index is 3.80. The minimum absolute atomic E-state index is 0.706. The molecule has 1 aliphatic carbocycles. The summed E-state index contributed by atoms with van der Waals surface area (Å²) in [4.78, 5) is 0. The first-order valence-corrected chi connectivity index (χ1v) is 6.41. The summed E-state index contributed by atoms with van der Waals surface area (Å²) in [5.41, 5.74) is 0. The summed E-state index contributed by atoms with van der Waals surface area (Å²) >= 11 is 0. The van der Waals surface area contributed by atoms with Crippen LogP contribution in [0.5, 0.6) is 0 Å². The summed E-state index contributed by atoms with van der Waals surface area (Å²) < 4.78 is 0. The lowest BCUT2D eigenvalue weighted by Gasteiger charge is -2.36. The molecule has 14 heavy (non-hydrogen) atoms. The van der Waals surface area contributed by atoms with Crippen molar-refractivity contribution in [3.05, 3.63) is 0 Å². The van der Waals surface area contributed by atoms with Gasteiger partial charge in [-0.3, -0.25) is 0 Å². The van der Waals surface area contributed by atoms with Crippen molar-refractivity contribution in [1.82, 2.24) is 5.32 Å². The second-order valence-corrected chi connectivity index (χ2v) is 5.23. The summed E-state index contributed by atoms with van der Waals surface area (Å²) in [5.74, 6) is 1.78. The van der Waals surface area contributed by atoms with E-state index in [2.05, 4.69) is 33.0 Å². The summed E-state index contributed by atoms with van der Waals surface area (Å²) in [6.45, 7) is 9.42. The second-order valence-electron chi connectivity index (χ2n) is 5.23. The zero-order valence-electron chi connectivity index (χ0n) is 10.3. The van der Waals surface area contributed by atoms with E-state index in [-0.39, 0.29) is 0 Å². The van der Waals surface area contributed by atoms with E-state index in [1.54, 1.807) is 0 Å². The van der Waals surface area contributed by atoms with Crippen LogP contribution in [0.2, 0.25) is 0 Å². The Morgan fingerprint density at radius 1 is 1.29 bits per heavy atom. The molecule has 0 amide bonds. The van der Waals surface area contributed by atoms with Crippen molar-refractivity contribution in [3.63, 3.8) is 0 Å². The standard InChI is InChI=1S/C13H27N/c1-5-7-11(3)14-13-9-6-8-10(2)12(13)4/h10-14H,5-9H2,1-4H3/t10-,11-,12-,13-/m0/s1. The number of nitrogens with one attached hydrogen (secondary N) is 1. The number of hydrogen-bond acceptors (Lipinski definition) is 1. The van der Waals surface area contributed by atoms with Crippen molar-refractivity contribution in [2.45, 2.75) is 71.9 Å². The van der Waals surface area contributed by atoms with Crippen molar-refractivity contribution < 1.29 is 0 Å². The van der Waals surface area contributed by atoms with Crippen LogP contribution in [0.3, 0.4) is 0 Å². The molecule has 0 unspecified atom stereocenters. The minimum atomic E-state index is 0.706. The van der Waals surface area contributed by atoms with Gasteiger partial charge in [0.25, 0.3) is 0 Å². The van der Waals surface area contributed by atoms with Gasteiger partial charge < -0.3 is 5.32 Å². The fourth-order valence-corrected chi connectivity index (χ4v) is 2.70. The highest BCUT2D eigenvalue weighted by molar-refractivity contribution is 4.83. The third-order valence-corrected chi connectivity index (χ3v) is 3.93. The number of rotatable bonds is 4. The molecular formula is C13H27N. The van der Waals surface area contributed by atoms with Crippen molar-refractivity contribution in [2.75, 3.05) is 0 Å². The molecule has 1 heteroatoms. The molecule has 0 aromatic heterocycles. The van der Waals surface area contributed by atoms with Gasteiger partial charge in [0, 0.05) is 12.1 Å². The van der Waals surface area contributed by atoms with E-state index in [0.717, 1.165) is 17.9 Å². The van der Waals surface area contributed by atoms with Gasteiger partial charge >= 0.3 is 0 Å². The summed E-state index contributed by atoms with van der Waals surface area (Å²) in [6.07, 6.45) is 6.85. The Hall–Kier alpha value is -0.0400. The van der Waals surface area contributed by atoms with Crippen LogP contribution in [0.25, 0.3) is 0 Å². The lowest BCUT2D eigenvalue weighted by Crippen LogP contribution is -2.44. The van der Waals surface area contributed by atoms with Gasteiger partial charge in [-0.2, -0.15) is 0 Å². The SMILES string of the molecule is CCC[C@H](C)N[C@H]1CCC[C@H](C)[C@@H]1C. The van der Waals surface area contributed by atoms with Crippen LogP contribution >= 0.6 is 0 Å². The van der Waals surface area contributed by atoms with Crippen molar-refractivity contribution in [1.29, 1.82) is 0 Å². The lowest BCUT2D eigenvalue weighted by atomic mass is 9.78. The van der Waals surface area contributed by atoms with Gasteiger partial charge in [0.1, 0.15) is 0 Å². The van der Waals surface area contributed by atoms with Gasteiger partial charge in [-0.15, -0.1) is 0 Å². The average molecular weight is 197 g/mol. The summed E-state index contributed by atoms with van der Waals surface area (Å²) in [6, 6.07) is 1.48. The van der Waals surface area contributed by atoms with Gasteiger partial charge in [-0.25, -0.2) is 0 Å². The molecule has 0 saturated heterocycles. The molecule has 0 spiro atoms. The summed E-state index contributed by atoms with van der Waals surface area (Å²) in [5, 5.41) is 3.80. The topological polar surface area (TPSA) is 12.0 Å². The molecule has 0 aromatic rings.